The van der Waals surface area contributed by atoms with Gasteiger partial charge in [-0.2, -0.15) is 0 Å². The molecule has 0 radical (unpaired) electrons. The van der Waals surface area contributed by atoms with Crippen molar-refractivity contribution in [2.75, 3.05) is 0 Å². The first-order chi connectivity index (χ1) is 3.30. The molecule has 7 heavy (non-hydrogen) atoms. The number of hydrogen-bond donors (Lipinski definition) is 1. The van der Waals surface area contributed by atoms with Crippen LogP contribution in [-0.2, 0) is 0 Å². The lowest BCUT2D eigenvalue weighted by Gasteiger charge is -1.51. The van der Waals surface area contributed by atoms with E-state index in [0.29, 0.717) is 10.4 Å². The van der Waals surface area contributed by atoms with Crippen molar-refractivity contribution in [3.05, 3.63) is 10.7 Å². The van der Waals surface area contributed by atoms with Crippen LogP contribution in [0, 0.1) is 11.8 Å². The molecule has 0 spiro atoms. The van der Waals surface area contributed by atoms with E-state index in [9.17, 15) is 4.91 Å². The molecule has 4 nitrogen and oxygen atoms in total. The van der Waals surface area contributed by atoms with Crippen LogP contribution in [0.5, 0.6) is 0 Å². The standard InChI is InChI=1S/C2H4N3OS/c1-2-3-7-4-5(2)6/h1H3,(H,4,6)/q+1. The van der Waals surface area contributed by atoms with Gasteiger partial charge in [0.05, 0.1) is 0 Å². The van der Waals surface area contributed by atoms with Crippen LogP contribution < -0.4 is 4.54 Å². The quantitative estimate of drug-likeness (QED) is 0.475. The molecule has 0 amide bonds. The molecule has 0 aliphatic carbocycles. The van der Waals surface area contributed by atoms with Gasteiger partial charge in [-0.05, 0) is 4.91 Å². The van der Waals surface area contributed by atoms with E-state index in [1.807, 2.05) is 0 Å². The maximum Gasteiger partial charge on any atom is 0.378 e. The average Bonchev–Trinajstić information content (AvgIpc) is 1.91. The lowest BCUT2D eigenvalue weighted by molar-refractivity contribution is -0.563. The van der Waals surface area contributed by atoms with E-state index < -0.39 is 0 Å². The SMILES string of the molecule is Cc1ns[nH][n+]1=O. The average molecular weight is 118 g/mol. The number of nitrogens with one attached hydrogen (secondary N) is 1. The number of nitrogens with zero attached hydrogens (tertiary/aromatic N) is 2. The summed E-state index contributed by atoms with van der Waals surface area (Å²) >= 11 is 1.04. The predicted octanol–water partition coefficient (Wildman–Crippen LogP) is -0.306. The minimum atomic E-state index is 0.463. The highest BCUT2D eigenvalue weighted by Crippen LogP contribution is 1.76. The molecular formula is C2H4N3OS+. The Balaban J connectivity index is 3.39. The van der Waals surface area contributed by atoms with Crippen LogP contribution in [0.25, 0.3) is 0 Å². The highest BCUT2D eigenvalue weighted by atomic mass is 32.1. The molecule has 0 aliphatic heterocycles. The third kappa shape index (κ3) is 0.663. The summed E-state index contributed by atoms with van der Waals surface area (Å²) in [6, 6.07) is 0. The van der Waals surface area contributed by atoms with Crippen molar-refractivity contribution < 1.29 is 4.54 Å². The summed E-state index contributed by atoms with van der Waals surface area (Å²) in [4.78, 5) is 10.2. The Morgan fingerprint density at radius 2 is 2.71 bits per heavy atom. The Kier molecular flexibility index (Phi) is 0.900. The predicted molar refractivity (Wildman–Crippen MR) is 24.6 cm³/mol. The molecule has 5 heteroatoms. The van der Waals surface area contributed by atoms with E-state index in [0.717, 1.165) is 11.7 Å². The van der Waals surface area contributed by atoms with Crippen molar-refractivity contribution in [1.29, 1.82) is 0 Å². The maximum absolute atomic E-state index is 10.2. The number of aryl methyl sites for hydroxylation is 1. The van der Waals surface area contributed by atoms with Crippen molar-refractivity contribution in [2.45, 2.75) is 6.92 Å². The van der Waals surface area contributed by atoms with Crippen LogP contribution in [0.15, 0.2) is 0 Å². The largest absolute Gasteiger partial charge is 0.378 e. The Bertz CT molecular complexity index is 201. The van der Waals surface area contributed by atoms with Crippen LogP contribution in [0.1, 0.15) is 5.82 Å². The molecule has 0 saturated carbocycles. The van der Waals surface area contributed by atoms with Crippen molar-refractivity contribution >= 4 is 11.7 Å². The molecule has 1 rings (SSSR count). The molecular weight excluding hydrogens is 114 g/mol. The zero-order chi connectivity index (χ0) is 5.28. The summed E-state index contributed by atoms with van der Waals surface area (Å²) in [5, 5.41) is 0. The number of hydrogen-bond acceptors (Lipinski definition) is 3. The van der Waals surface area contributed by atoms with Crippen molar-refractivity contribution in [2.24, 2.45) is 0 Å². The van der Waals surface area contributed by atoms with E-state index in [-0.39, 0.29) is 0 Å². The van der Waals surface area contributed by atoms with Gasteiger partial charge in [-0.3, -0.25) is 0 Å². The van der Waals surface area contributed by atoms with Crippen molar-refractivity contribution in [3.63, 3.8) is 0 Å². The fourth-order valence-corrected chi connectivity index (χ4v) is 0.680. The molecule has 0 fully saturated rings. The van der Waals surface area contributed by atoms with Gasteiger partial charge in [-0.25, -0.2) is 0 Å². The molecule has 1 N–H and O–H groups in total. The zero-order valence-electron chi connectivity index (χ0n) is 3.71. The third-order valence-electron chi connectivity index (χ3n) is 0.595. The van der Waals surface area contributed by atoms with Gasteiger partial charge >= 0.3 is 5.82 Å². The molecule has 1 aromatic heterocycles. The topological polar surface area (TPSA) is 51.6 Å². The van der Waals surface area contributed by atoms with E-state index in [1.165, 1.54) is 0 Å². The summed E-state index contributed by atoms with van der Waals surface area (Å²) in [6.45, 7) is 1.64. The maximum atomic E-state index is 10.2. The molecule has 1 heterocycles. The lowest BCUT2D eigenvalue weighted by atomic mass is 10.8. The van der Waals surface area contributed by atoms with Gasteiger partial charge in [0.2, 0.25) is 11.7 Å². The minimum absolute atomic E-state index is 0.463. The van der Waals surface area contributed by atoms with Gasteiger partial charge in [0.1, 0.15) is 4.54 Å². The smallest absolute Gasteiger partial charge is 0.0991 e. The monoisotopic (exact) mass is 118 g/mol. The normalized spacial score (nSPS) is 9.29. The van der Waals surface area contributed by atoms with E-state index >= 15 is 0 Å². The molecule has 0 bridgehead atoms. The van der Waals surface area contributed by atoms with Gasteiger partial charge in [0.15, 0.2) is 0 Å². The molecule has 38 valence electrons. The van der Waals surface area contributed by atoms with Crippen LogP contribution in [0.3, 0.4) is 0 Å². The van der Waals surface area contributed by atoms with Gasteiger partial charge in [0, 0.05) is 11.3 Å². The summed E-state index contributed by atoms with van der Waals surface area (Å²) in [7, 11) is 0. The molecule has 0 aromatic carbocycles. The lowest BCUT2D eigenvalue weighted by Crippen LogP contribution is -2.17. The van der Waals surface area contributed by atoms with Gasteiger partial charge in [-0.1, -0.05) is 4.49 Å². The Hall–Kier alpha value is -0.710. The highest BCUT2D eigenvalue weighted by molar-refractivity contribution is 6.98. The Morgan fingerprint density at radius 1 is 2.00 bits per heavy atom. The van der Waals surface area contributed by atoms with Crippen molar-refractivity contribution in [1.82, 2.24) is 8.86 Å². The summed E-state index contributed by atoms with van der Waals surface area (Å²) in [5.41, 5.74) is 0. The number of aromatic nitrogens is 3. The van der Waals surface area contributed by atoms with E-state index in [4.69, 9.17) is 0 Å². The first kappa shape index (κ1) is 4.45. The van der Waals surface area contributed by atoms with E-state index in [2.05, 4.69) is 8.86 Å². The first-order valence-electron chi connectivity index (χ1n) is 1.74. The summed E-state index contributed by atoms with van der Waals surface area (Å²) in [6.07, 6.45) is 0. The third-order valence-corrected chi connectivity index (χ3v) is 1.20. The Morgan fingerprint density at radius 3 is 2.86 bits per heavy atom. The summed E-state index contributed by atoms with van der Waals surface area (Å²) < 4.78 is 6.63. The minimum Gasteiger partial charge on any atom is -0.0991 e. The van der Waals surface area contributed by atoms with Gasteiger partial charge in [-0.15, -0.1) is 0 Å². The number of aromatic amines is 1. The van der Waals surface area contributed by atoms with Crippen LogP contribution >= 0.6 is 11.7 Å². The van der Waals surface area contributed by atoms with Crippen LogP contribution in [0.2, 0.25) is 0 Å². The second-order valence-corrected chi connectivity index (χ2v) is 1.66. The number of H-pyrrole nitrogens is 1. The Labute approximate surface area is 43.7 Å². The van der Waals surface area contributed by atoms with E-state index in [1.54, 1.807) is 6.92 Å². The molecule has 1 aromatic rings. The molecule has 0 atom stereocenters. The molecule has 0 saturated heterocycles. The zero-order valence-corrected chi connectivity index (χ0v) is 4.53. The van der Waals surface area contributed by atoms with Gasteiger partial charge in [0.25, 0.3) is 0 Å². The van der Waals surface area contributed by atoms with Crippen LogP contribution in [-0.4, -0.2) is 8.86 Å². The molecule has 0 unspecified atom stereocenters. The second-order valence-electron chi connectivity index (χ2n) is 1.12. The van der Waals surface area contributed by atoms with Gasteiger partial charge < -0.3 is 0 Å². The fourth-order valence-electron chi connectivity index (χ4n) is 0.227. The first-order valence-corrected chi connectivity index (χ1v) is 2.51. The van der Waals surface area contributed by atoms with Crippen molar-refractivity contribution in [3.8, 4) is 0 Å². The number of rotatable bonds is 0. The molecule has 0 aliphatic rings. The summed E-state index contributed by atoms with van der Waals surface area (Å²) in [5.74, 6) is 0.463. The second kappa shape index (κ2) is 1.42. The van der Waals surface area contributed by atoms with Crippen LogP contribution in [0.4, 0.5) is 0 Å². The fraction of sp³-hybridized carbons (Fsp3) is 0.500. The highest BCUT2D eigenvalue weighted by Gasteiger charge is 2.00.